The number of carbonyl (C=O) groups is 2. The summed E-state index contributed by atoms with van der Waals surface area (Å²) in [6, 6.07) is 20.9. The summed E-state index contributed by atoms with van der Waals surface area (Å²) in [6.07, 6.45) is 25.0. The van der Waals surface area contributed by atoms with E-state index in [1.807, 2.05) is 108 Å². The number of hydrogen-bond donors (Lipinski definition) is 4. The standard InChI is InChI=1S/C20H15F2N5OS.2C13H13N5S.C11H17BN2O2.C8H8BrN3S.C7H3ClF2O/c1-2-16-13(11-27(26-16)20-23-8-9-29-20)12-6-7-17(24-10-12)25-19(28)18-14(21)4-3-5-15(18)22;2*1-2-11-10(9-3-4-12(14)16-7-9)8-18(17-11)13-15-5-6-19-13;1-10(2)11(3,4)16-12(15-10)8-5-6-9(13)14-7-8;1-2-7-6(9)5-12(11-7)8-10-3-4-13-8;8-7(11)6-4(9)2-1-3-5(6)10/h3-11H,2H2,1H3,(H,24,25,28);2*3-8H,2H2,1H3,(H2,14,16);5-7H,1-4H3,(H2,13,14);3-5H,2H2,1H3;1-3H. The Morgan fingerprint density at radius 2 is 0.822 bits per heavy atom. The highest BCUT2D eigenvalue weighted by Crippen LogP contribution is 2.37. The van der Waals surface area contributed by atoms with Gasteiger partial charge in [-0.3, -0.25) is 9.59 Å². The maximum atomic E-state index is 13.8. The number of hydrogen-bond acceptors (Lipinski definition) is 23. The molecule has 1 fully saturated rings. The van der Waals surface area contributed by atoms with Crippen molar-refractivity contribution in [2.75, 3.05) is 22.5 Å². The van der Waals surface area contributed by atoms with Gasteiger partial charge in [-0.1, -0.05) is 45.9 Å². The molecule has 1 amide bonds. The smallest absolute Gasteiger partial charge is 0.399 e. The number of pyridine rings is 4. The second-order valence-electron chi connectivity index (χ2n) is 23.7. The third-order valence-corrected chi connectivity index (χ3v) is 20.0. The molecule has 1 aliphatic heterocycles. The van der Waals surface area contributed by atoms with Crippen molar-refractivity contribution in [2.24, 2.45) is 0 Å². The van der Waals surface area contributed by atoms with Gasteiger partial charge in [-0.2, -0.15) is 20.4 Å². The lowest BCUT2D eigenvalue weighted by atomic mass is 9.80. The van der Waals surface area contributed by atoms with Crippen LogP contribution in [0.3, 0.4) is 0 Å². The van der Waals surface area contributed by atoms with Gasteiger partial charge in [0, 0.05) is 135 Å². The van der Waals surface area contributed by atoms with E-state index in [9.17, 15) is 27.2 Å². The zero-order valence-corrected chi connectivity index (χ0v) is 64.3. The fraction of sp³-hybridized carbons (Fsp3) is 0.194. The van der Waals surface area contributed by atoms with E-state index in [1.165, 1.54) is 17.4 Å². The highest BCUT2D eigenvalue weighted by atomic mass is 79.9. The van der Waals surface area contributed by atoms with Crippen LogP contribution in [0.4, 0.5) is 40.8 Å². The van der Waals surface area contributed by atoms with E-state index in [0.717, 1.165) is 143 Å². The van der Waals surface area contributed by atoms with Crippen molar-refractivity contribution in [2.45, 2.75) is 92.3 Å². The van der Waals surface area contributed by atoms with Gasteiger partial charge in [-0.15, -0.1) is 45.3 Å². The maximum absolute atomic E-state index is 13.8. The molecule has 35 heteroatoms. The zero-order valence-electron chi connectivity index (χ0n) is 58.6. The fourth-order valence-electron chi connectivity index (χ4n) is 9.94. The summed E-state index contributed by atoms with van der Waals surface area (Å²) in [6.45, 7) is 16.4. The van der Waals surface area contributed by atoms with Crippen molar-refractivity contribution in [3.63, 3.8) is 0 Å². The maximum Gasteiger partial charge on any atom is 0.496 e. The second-order valence-corrected chi connectivity index (χ2v) is 28.4. The number of carbonyl (C=O) groups excluding carboxylic acids is 2. The van der Waals surface area contributed by atoms with E-state index in [2.05, 4.69) is 102 Å². The number of amides is 1. The van der Waals surface area contributed by atoms with Gasteiger partial charge >= 0.3 is 7.12 Å². The van der Waals surface area contributed by atoms with Gasteiger partial charge in [-0.05, 0) is 148 Å². The number of rotatable bonds is 15. The number of aryl methyl sites for hydroxylation is 4. The molecule has 0 atom stereocenters. The zero-order chi connectivity index (χ0) is 76.5. The Balaban J connectivity index is 0.000000141. The number of anilines is 4. The number of nitrogen functional groups attached to an aromatic ring is 3. The number of nitrogens with two attached hydrogens (primary N) is 3. The van der Waals surface area contributed by atoms with Gasteiger partial charge in [0.15, 0.2) is 0 Å². The van der Waals surface area contributed by atoms with Crippen LogP contribution in [-0.4, -0.2) is 108 Å². The number of halogens is 6. The largest absolute Gasteiger partial charge is 0.496 e. The van der Waals surface area contributed by atoms with Crippen molar-refractivity contribution in [3.8, 4) is 53.9 Å². The molecular weight excluding hydrogens is 1540 g/mol. The van der Waals surface area contributed by atoms with E-state index in [4.69, 9.17) is 38.1 Å². The molecule has 0 radical (unpaired) electrons. The SMILES string of the molecule is CC1(C)OB(c2ccc(N)nc2)OC1(C)C.CCc1nn(-c2nccs2)cc1-c1ccc(N)nc1.CCc1nn(-c2nccs2)cc1-c1ccc(N)nc1.CCc1nn(-c2nccs2)cc1-c1ccc(NC(=O)c2c(F)cccc2F)nc1.CCc1nn(-c2nccs2)cc1Br.O=C(Cl)c1c(F)cccc1F. The molecular formula is C72H69BBrClF4N20O4S4. The van der Waals surface area contributed by atoms with E-state index < -0.39 is 45.5 Å². The van der Waals surface area contributed by atoms with E-state index in [1.54, 1.807) is 123 Å². The number of nitrogens with one attached hydrogen (secondary N) is 1. The topological polar surface area (TPSA) is 317 Å². The molecule has 14 aromatic rings. The first-order valence-electron chi connectivity index (χ1n) is 32.8. The highest BCUT2D eigenvalue weighted by Gasteiger charge is 2.51. The molecule has 7 N–H and O–H groups in total. The second kappa shape index (κ2) is 36.1. The van der Waals surface area contributed by atoms with E-state index >= 15 is 0 Å². The summed E-state index contributed by atoms with van der Waals surface area (Å²) < 4.78 is 72.6. The third kappa shape index (κ3) is 19.9. The molecule has 1 saturated heterocycles. The van der Waals surface area contributed by atoms with Crippen LogP contribution in [0.25, 0.3) is 53.9 Å². The number of benzene rings is 2. The van der Waals surface area contributed by atoms with E-state index in [-0.39, 0.29) is 24.1 Å². The lowest BCUT2D eigenvalue weighted by Gasteiger charge is -2.32. The Bertz CT molecular complexity index is 5030. The van der Waals surface area contributed by atoms with Crippen LogP contribution in [0.5, 0.6) is 0 Å². The van der Waals surface area contributed by atoms with Crippen LogP contribution in [0.1, 0.15) is 98.9 Å². The summed E-state index contributed by atoms with van der Waals surface area (Å²) in [7, 11) is -0.363. The number of aromatic nitrogens is 16. The van der Waals surface area contributed by atoms with Crippen molar-refractivity contribution in [1.29, 1.82) is 0 Å². The monoisotopic (exact) mass is 1610 g/mol. The fourth-order valence-corrected chi connectivity index (χ4v) is 12.9. The molecule has 0 spiro atoms. The average Bonchev–Trinajstić information content (AvgIpc) is 1.62. The van der Waals surface area contributed by atoms with Gasteiger partial charge in [0.25, 0.3) is 11.1 Å². The third-order valence-electron chi connectivity index (χ3n) is 16.1. The molecule has 0 aliphatic carbocycles. The van der Waals surface area contributed by atoms with Gasteiger partial charge in [0.05, 0.1) is 38.5 Å². The van der Waals surface area contributed by atoms with Crippen LogP contribution < -0.4 is 28.0 Å². The minimum atomic E-state index is -1.12. The summed E-state index contributed by atoms with van der Waals surface area (Å²) in [4.78, 5) is 56.0. The molecule has 12 aromatic heterocycles. The van der Waals surface area contributed by atoms with Crippen molar-refractivity contribution >= 4 is 120 Å². The molecule has 15 rings (SSSR count). The first-order chi connectivity index (χ1) is 51.4. The van der Waals surface area contributed by atoms with E-state index in [0.29, 0.717) is 17.5 Å². The Kier molecular flexibility index (Phi) is 26.7. The van der Waals surface area contributed by atoms with Crippen molar-refractivity contribution in [3.05, 3.63) is 242 Å². The predicted molar refractivity (Wildman–Crippen MR) is 416 cm³/mol. The van der Waals surface area contributed by atoms with Crippen molar-refractivity contribution in [1.82, 2.24) is 79.0 Å². The Labute approximate surface area is 642 Å². The predicted octanol–water partition coefficient (Wildman–Crippen LogP) is 15.5. The molecule has 13 heterocycles. The Morgan fingerprint density at radius 3 is 1.12 bits per heavy atom. The summed E-state index contributed by atoms with van der Waals surface area (Å²) in [5, 5.41) is 30.5. The average molecular weight is 1610 g/mol. The molecule has 24 nitrogen and oxygen atoms in total. The Morgan fingerprint density at radius 1 is 0.477 bits per heavy atom. The molecule has 0 saturated carbocycles. The first kappa shape index (κ1) is 79.0. The number of thiazole rings is 4. The van der Waals surface area contributed by atoms with Crippen LogP contribution in [0.15, 0.2) is 185 Å². The lowest BCUT2D eigenvalue weighted by molar-refractivity contribution is 0.00578. The highest BCUT2D eigenvalue weighted by molar-refractivity contribution is 9.10. The summed E-state index contributed by atoms with van der Waals surface area (Å²) in [5.41, 5.74) is 25.6. The molecule has 2 aromatic carbocycles. The molecule has 107 heavy (non-hydrogen) atoms. The molecule has 0 bridgehead atoms. The minimum absolute atomic E-state index is 0.187. The van der Waals surface area contributed by atoms with Gasteiger partial charge in [0.2, 0.25) is 20.5 Å². The van der Waals surface area contributed by atoms with Crippen LogP contribution in [0, 0.1) is 23.3 Å². The molecule has 1 aliphatic rings. The van der Waals surface area contributed by atoms with Crippen LogP contribution in [0.2, 0.25) is 0 Å². The number of nitrogens with zero attached hydrogens (tertiary/aromatic N) is 16. The first-order valence-corrected chi connectivity index (χ1v) is 37.5. The van der Waals surface area contributed by atoms with Gasteiger partial charge < -0.3 is 31.8 Å². The van der Waals surface area contributed by atoms with Gasteiger partial charge in [0.1, 0.15) is 57.7 Å². The van der Waals surface area contributed by atoms with Crippen LogP contribution in [-0.2, 0) is 35.0 Å². The Hall–Kier alpha value is -10.6. The minimum Gasteiger partial charge on any atom is -0.399 e. The normalized spacial score (nSPS) is 12.4. The quantitative estimate of drug-likeness (QED) is 0.0421. The lowest BCUT2D eigenvalue weighted by Crippen LogP contribution is -2.41. The van der Waals surface area contributed by atoms with Crippen molar-refractivity contribution < 1.29 is 36.5 Å². The molecule has 0 unspecified atom stereocenters. The summed E-state index contributed by atoms with van der Waals surface area (Å²) in [5.74, 6) is -2.90. The summed E-state index contributed by atoms with van der Waals surface area (Å²) >= 11 is 14.5. The van der Waals surface area contributed by atoms with Crippen LogP contribution >= 0.6 is 72.9 Å². The van der Waals surface area contributed by atoms with Gasteiger partial charge in [-0.25, -0.2) is 76.2 Å². The molecule has 550 valence electrons.